The predicted molar refractivity (Wildman–Crippen MR) is 70.5 cm³/mol. The Morgan fingerprint density at radius 1 is 1.24 bits per heavy atom. The topological polar surface area (TPSA) is 52.7 Å². The van der Waals surface area contributed by atoms with Crippen LogP contribution in [0, 0.1) is 11.8 Å². The number of nitrogens with one attached hydrogen (secondary N) is 1. The molecule has 2 rings (SSSR count). The highest BCUT2D eigenvalue weighted by molar-refractivity contribution is 7.86. The number of nitrogens with zero attached hydrogens (tertiary/aromatic N) is 2. The number of hydrogen-bond donors (Lipinski definition) is 1. The van der Waals surface area contributed by atoms with E-state index >= 15 is 0 Å². The van der Waals surface area contributed by atoms with Crippen LogP contribution in [0.25, 0.3) is 0 Å². The zero-order chi connectivity index (χ0) is 11.9. The van der Waals surface area contributed by atoms with E-state index in [2.05, 4.69) is 5.32 Å². The van der Waals surface area contributed by atoms with Gasteiger partial charge in [-0.05, 0) is 38.8 Å². The maximum atomic E-state index is 12.2. The molecule has 0 aliphatic carbocycles. The van der Waals surface area contributed by atoms with Crippen LogP contribution in [0.2, 0.25) is 0 Å². The standard InChI is InChI=1S/C10H21N3O2S.ClH/c1-8(2)12(3)16(14,15)13-6-9-4-11-5-10(9)7-13;/h8-11H,4-7H2,1-3H3;1H/t9-,10+;. The van der Waals surface area contributed by atoms with Gasteiger partial charge in [0.15, 0.2) is 0 Å². The average Bonchev–Trinajstić information content (AvgIpc) is 2.74. The van der Waals surface area contributed by atoms with E-state index in [1.807, 2.05) is 13.8 Å². The van der Waals surface area contributed by atoms with Crippen molar-refractivity contribution in [2.45, 2.75) is 19.9 Å². The fraction of sp³-hybridized carbons (Fsp3) is 1.00. The van der Waals surface area contributed by atoms with E-state index in [9.17, 15) is 8.42 Å². The van der Waals surface area contributed by atoms with E-state index < -0.39 is 10.2 Å². The van der Waals surface area contributed by atoms with Crippen LogP contribution in [0.5, 0.6) is 0 Å². The van der Waals surface area contributed by atoms with Gasteiger partial charge in [0.25, 0.3) is 10.2 Å². The molecule has 0 unspecified atom stereocenters. The molecule has 0 saturated carbocycles. The number of hydrogen-bond acceptors (Lipinski definition) is 3. The Morgan fingerprint density at radius 3 is 2.12 bits per heavy atom. The predicted octanol–water partition coefficient (Wildman–Crippen LogP) is 0.144. The van der Waals surface area contributed by atoms with Crippen LogP contribution in [-0.4, -0.2) is 56.3 Å². The second-order valence-corrected chi connectivity index (χ2v) is 7.10. The highest BCUT2D eigenvalue weighted by Crippen LogP contribution is 2.29. The molecule has 0 spiro atoms. The van der Waals surface area contributed by atoms with Crippen molar-refractivity contribution >= 4 is 22.6 Å². The molecule has 1 N–H and O–H groups in total. The molecule has 17 heavy (non-hydrogen) atoms. The third kappa shape index (κ3) is 2.76. The van der Waals surface area contributed by atoms with Crippen LogP contribution in [0.1, 0.15) is 13.8 Å². The highest BCUT2D eigenvalue weighted by atomic mass is 35.5. The van der Waals surface area contributed by atoms with Gasteiger partial charge in [-0.2, -0.15) is 17.0 Å². The lowest BCUT2D eigenvalue weighted by molar-refractivity contribution is 0.350. The van der Waals surface area contributed by atoms with Gasteiger partial charge in [0.2, 0.25) is 0 Å². The van der Waals surface area contributed by atoms with Gasteiger partial charge in [0.05, 0.1) is 0 Å². The molecular weight excluding hydrogens is 262 g/mol. The maximum absolute atomic E-state index is 12.2. The molecule has 5 nitrogen and oxygen atoms in total. The molecule has 102 valence electrons. The second-order valence-electron chi connectivity index (χ2n) is 5.11. The summed E-state index contributed by atoms with van der Waals surface area (Å²) in [5.74, 6) is 1.02. The maximum Gasteiger partial charge on any atom is 0.281 e. The summed E-state index contributed by atoms with van der Waals surface area (Å²) in [7, 11) is -1.58. The summed E-state index contributed by atoms with van der Waals surface area (Å²) >= 11 is 0. The van der Waals surface area contributed by atoms with E-state index in [0.717, 1.165) is 13.1 Å². The van der Waals surface area contributed by atoms with E-state index in [0.29, 0.717) is 24.9 Å². The molecule has 2 aliphatic heterocycles. The third-order valence-electron chi connectivity index (χ3n) is 3.77. The van der Waals surface area contributed by atoms with Crippen molar-refractivity contribution < 1.29 is 8.42 Å². The summed E-state index contributed by atoms with van der Waals surface area (Å²) in [5.41, 5.74) is 0. The van der Waals surface area contributed by atoms with Crippen molar-refractivity contribution in [2.75, 3.05) is 33.2 Å². The molecule has 0 radical (unpaired) electrons. The summed E-state index contributed by atoms with van der Waals surface area (Å²) in [6.45, 7) is 7.07. The molecule has 7 heteroatoms. The fourth-order valence-corrected chi connectivity index (χ4v) is 4.11. The molecule has 0 aromatic carbocycles. The van der Waals surface area contributed by atoms with Gasteiger partial charge in [-0.3, -0.25) is 0 Å². The first-order chi connectivity index (χ1) is 7.43. The Kier molecular flexibility index (Phi) is 4.82. The Bertz CT molecular complexity index is 349. The van der Waals surface area contributed by atoms with Crippen molar-refractivity contribution in [1.82, 2.24) is 13.9 Å². The van der Waals surface area contributed by atoms with E-state index in [1.54, 1.807) is 11.4 Å². The lowest BCUT2D eigenvalue weighted by atomic mass is 10.0. The molecule has 2 saturated heterocycles. The molecule has 0 amide bonds. The van der Waals surface area contributed by atoms with Crippen molar-refractivity contribution in [3.05, 3.63) is 0 Å². The first kappa shape index (κ1) is 15.2. The van der Waals surface area contributed by atoms with Gasteiger partial charge in [0, 0.05) is 26.2 Å². The minimum Gasteiger partial charge on any atom is -0.316 e. The van der Waals surface area contributed by atoms with Crippen LogP contribution < -0.4 is 5.32 Å². The van der Waals surface area contributed by atoms with Crippen LogP contribution in [0.4, 0.5) is 0 Å². The second kappa shape index (κ2) is 5.40. The van der Waals surface area contributed by atoms with Gasteiger partial charge in [-0.15, -0.1) is 12.4 Å². The van der Waals surface area contributed by atoms with Crippen molar-refractivity contribution in [3.8, 4) is 0 Å². The van der Waals surface area contributed by atoms with Crippen LogP contribution in [0.3, 0.4) is 0 Å². The van der Waals surface area contributed by atoms with Gasteiger partial charge in [-0.1, -0.05) is 0 Å². The smallest absolute Gasteiger partial charge is 0.281 e. The summed E-state index contributed by atoms with van der Waals surface area (Å²) in [5, 5.41) is 3.31. The summed E-state index contributed by atoms with van der Waals surface area (Å²) in [6.07, 6.45) is 0. The zero-order valence-corrected chi connectivity index (χ0v) is 12.2. The Morgan fingerprint density at radius 2 is 1.71 bits per heavy atom. The average molecular weight is 284 g/mol. The molecule has 2 heterocycles. The molecule has 0 aromatic heterocycles. The molecule has 2 atom stereocenters. The normalized spacial score (nSPS) is 29.7. The molecule has 0 bridgehead atoms. The number of fused-ring (bicyclic) bond motifs is 1. The van der Waals surface area contributed by atoms with Gasteiger partial charge < -0.3 is 5.32 Å². The monoisotopic (exact) mass is 283 g/mol. The zero-order valence-electron chi connectivity index (χ0n) is 10.6. The van der Waals surface area contributed by atoms with Gasteiger partial charge in [0.1, 0.15) is 0 Å². The van der Waals surface area contributed by atoms with Crippen LogP contribution in [-0.2, 0) is 10.2 Å². The lowest BCUT2D eigenvalue weighted by Crippen LogP contribution is -2.44. The van der Waals surface area contributed by atoms with Crippen molar-refractivity contribution in [3.63, 3.8) is 0 Å². The fourth-order valence-electron chi connectivity index (χ4n) is 2.45. The Hall–Kier alpha value is 0.120. The first-order valence-electron chi connectivity index (χ1n) is 5.86. The van der Waals surface area contributed by atoms with Gasteiger partial charge in [-0.25, -0.2) is 0 Å². The molecular formula is C10H22ClN3O2S. The third-order valence-corrected chi connectivity index (χ3v) is 5.87. The van der Waals surface area contributed by atoms with Crippen LogP contribution in [0.15, 0.2) is 0 Å². The van der Waals surface area contributed by atoms with E-state index in [4.69, 9.17) is 0 Å². The minimum atomic E-state index is -3.24. The first-order valence-corrected chi connectivity index (χ1v) is 7.26. The summed E-state index contributed by atoms with van der Waals surface area (Å²) in [6, 6.07) is 0.0172. The minimum absolute atomic E-state index is 0. The lowest BCUT2D eigenvalue weighted by Gasteiger charge is -2.27. The van der Waals surface area contributed by atoms with Crippen molar-refractivity contribution in [2.24, 2.45) is 11.8 Å². The molecule has 2 aliphatic rings. The molecule has 0 aromatic rings. The highest BCUT2D eigenvalue weighted by Gasteiger charge is 2.42. The quantitative estimate of drug-likeness (QED) is 0.802. The van der Waals surface area contributed by atoms with Gasteiger partial charge >= 0.3 is 0 Å². The van der Waals surface area contributed by atoms with E-state index in [-0.39, 0.29) is 18.4 Å². The SMILES string of the molecule is CC(C)N(C)S(=O)(=O)N1C[C@H]2CNC[C@H]2C1.Cl. The largest absolute Gasteiger partial charge is 0.316 e. The summed E-state index contributed by atoms with van der Waals surface area (Å²) in [4.78, 5) is 0. The van der Waals surface area contributed by atoms with Crippen LogP contribution >= 0.6 is 12.4 Å². The Labute approximate surface area is 110 Å². The molecule has 2 fully saturated rings. The van der Waals surface area contributed by atoms with E-state index in [1.165, 1.54) is 4.31 Å². The number of halogens is 1. The number of rotatable bonds is 3. The summed E-state index contributed by atoms with van der Waals surface area (Å²) < 4.78 is 27.6. The van der Waals surface area contributed by atoms with Crippen molar-refractivity contribution in [1.29, 1.82) is 0 Å². The Balaban J connectivity index is 0.00000144.